The monoisotopic (exact) mass is 394 g/mol. The third-order valence-electron chi connectivity index (χ3n) is 4.06. The molecule has 1 N–H and O–H groups in total. The van der Waals surface area contributed by atoms with E-state index in [1.54, 1.807) is 18.2 Å². The van der Waals surface area contributed by atoms with Crippen LogP contribution in [0.3, 0.4) is 0 Å². The van der Waals surface area contributed by atoms with E-state index in [0.29, 0.717) is 23.7 Å². The van der Waals surface area contributed by atoms with Crippen molar-refractivity contribution in [1.82, 2.24) is 15.4 Å². The summed E-state index contributed by atoms with van der Waals surface area (Å²) in [5.41, 5.74) is 2.35. The molecule has 26 heavy (non-hydrogen) atoms. The molecule has 138 valence electrons. The Kier molecular flexibility index (Phi) is 7.04. The highest BCUT2D eigenvalue weighted by Gasteiger charge is 2.19. The molecule has 2 aromatic rings. The maximum absolute atomic E-state index is 12.2. The topological polar surface area (TPSA) is 82.2 Å². The number of nitrogens with zero attached hydrogens (tertiary/aromatic N) is 3. The van der Waals surface area contributed by atoms with E-state index in [-0.39, 0.29) is 17.4 Å². The van der Waals surface area contributed by atoms with Gasteiger partial charge in [0, 0.05) is 30.6 Å². The summed E-state index contributed by atoms with van der Waals surface area (Å²) in [6, 6.07) is 6.20. The smallest absolute Gasteiger partial charge is 0.222 e. The van der Waals surface area contributed by atoms with Gasteiger partial charge in [-0.05, 0) is 27.0 Å². The highest BCUT2D eigenvalue weighted by Crippen LogP contribution is 2.29. The van der Waals surface area contributed by atoms with Crippen molar-refractivity contribution in [2.45, 2.75) is 32.9 Å². The van der Waals surface area contributed by atoms with Crippen molar-refractivity contribution in [3.05, 3.63) is 50.8 Å². The van der Waals surface area contributed by atoms with Crippen LogP contribution in [0.1, 0.15) is 35.0 Å². The minimum absolute atomic E-state index is 0.238. The van der Waals surface area contributed by atoms with Gasteiger partial charge in [0.25, 0.3) is 0 Å². The Morgan fingerprint density at radius 3 is 2.77 bits per heavy atom. The molecule has 0 spiro atoms. The second-order valence-electron chi connectivity index (χ2n) is 6.06. The summed E-state index contributed by atoms with van der Waals surface area (Å²) in [5, 5.41) is 16.6. The molecule has 1 amide bonds. The van der Waals surface area contributed by atoms with Crippen molar-refractivity contribution in [2.24, 2.45) is 0 Å². The van der Waals surface area contributed by atoms with Crippen LogP contribution in [-0.2, 0) is 11.3 Å². The van der Waals surface area contributed by atoms with Crippen LogP contribution in [-0.4, -0.2) is 29.6 Å². The van der Waals surface area contributed by atoms with Crippen molar-refractivity contribution in [3.63, 3.8) is 0 Å². The Morgan fingerprint density at radius 2 is 2.15 bits per heavy atom. The molecule has 0 saturated heterocycles. The van der Waals surface area contributed by atoms with E-state index in [4.69, 9.17) is 27.7 Å². The Hall–Kier alpha value is -2.07. The van der Waals surface area contributed by atoms with Gasteiger partial charge in [0.2, 0.25) is 5.91 Å². The van der Waals surface area contributed by atoms with E-state index < -0.39 is 6.04 Å². The van der Waals surface area contributed by atoms with Crippen LogP contribution in [0.5, 0.6) is 0 Å². The molecule has 1 atom stereocenters. The van der Waals surface area contributed by atoms with E-state index in [0.717, 1.165) is 17.0 Å². The number of hydrogen-bond acceptors (Lipinski definition) is 5. The van der Waals surface area contributed by atoms with Crippen molar-refractivity contribution >= 4 is 29.1 Å². The van der Waals surface area contributed by atoms with Crippen LogP contribution in [0, 0.1) is 25.2 Å². The Morgan fingerprint density at radius 1 is 1.42 bits per heavy atom. The average Bonchev–Trinajstić information content (AvgIpc) is 2.92. The zero-order chi connectivity index (χ0) is 19.3. The molecular formula is C18H20Cl2N4O2. The molecule has 8 heteroatoms. The van der Waals surface area contributed by atoms with Crippen molar-refractivity contribution in [2.75, 3.05) is 13.6 Å². The van der Waals surface area contributed by atoms with E-state index in [9.17, 15) is 10.1 Å². The first-order valence-electron chi connectivity index (χ1n) is 8.06. The average molecular weight is 395 g/mol. The second-order valence-corrected chi connectivity index (χ2v) is 6.85. The molecule has 6 nitrogen and oxygen atoms in total. The maximum Gasteiger partial charge on any atom is 0.222 e. The van der Waals surface area contributed by atoms with E-state index in [2.05, 4.69) is 10.5 Å². The number of benzene rings is 1. The first kappa shape index (κ1) is 20.2. The van der Waals surface area contributed by atoms with Gasteiger partial charge in [-0.3, -0.25) is 4.79 Å². The highest BCUT2D eigenvalue weighted by molar-refractivity contribution is 6.42. The molecule has 0 unspecified atom stereocenters. The molecule has 0 fully saturated rings. The number of carbonyl (C=O) groups is 1. The van der Waals surface area contributed by atoms with Crippen LogP contribution >= 0.6 is 23.2 Å². The van der Waals surface area contributed by atoms with Gasteiger partial charge in [0.05, 0.1) is 21.8 Å². The predicted octanol–water partition coefficient (Wildman–Crippen LogP) is 3.80. The van der Waals surface area contributed by atoms with Crippen LogP contribution < -0.4 is 5.32 Å². The summed E-state index contributed by atoms with van der Waals surface area (Å²) in [5.74, 6) is 0.539. The standard InChI is InChI=1S/C18H20Cl2N4O2/c1-11-14(12(2)26-23-11)10-24(3)8-7-17(25)22-16(9-21)13-5-4-6-15(19)18(13)20/h4-6,16H,7-8,10H2,1-3H3,(H,22,25)/t16-/m1/s1. The number of aromatic nitrogens is 1. The van der Waals surface area contributed by atoms with E-state index in [1.165, 1.54) is 0 Å². The number of halogens is 2. The minimum Gasteiger partial charge on any atom is -0.361 e. The van der Waals surface area contributed by atoms with Gasteiger partial charge in [0.15, 0.2) is 0 Å². The summed E-state index contributed by atoms with van der Waals surface area (Å²) < 4.78 is 5.14. The van der Waals surface area contributed by atoms with Gasteiger partial charge in [-0.15, -0.1) is 0 Å². The van der Waals surface area contributed by atoms with E-state index >= 15 is 0 Å². The summed E-state index contributed by atoms with van der Waals surface area (Å²) in [6.45, 7) is 4.91. The third-order valence-corrected chi connectivity index (χ3v) is 4.89. The van der Waals surface area contributed by atoms with Gasteiger partial charge in [-0.2, -0.15) is 5.26 Å². The largest absolute Gasteiger partial charge is 0.361 e. The quantitative estimate of drug-likeness (QED) is 0.771. The summed E-state index contributed by atoms with van der Waals surface area (Å²) >= 11 is 12.1. The van der Waals surface area contributed by atoms with Gasteiger partial charge in [0.1, 0.15) is 11.8 Å². The molecule has 0 aliphatic rings. The number of amides is 1. The third kappa shape index (κ3) is 4.98. The van der Waals surface area contributed by atoms with Gasteiger partial charge >= 0.3 is 0 Å². The van der Waals surface area contributed by atoms with Crippen LogP contribution in [0.15, 0.2) is 22.7 Å². The van der Waals surface area contributed by atoms with Gasteiger partial charge in [-0.25, -0.2) is 0 Å². The molecule has 0 bridgehead atoms. The van der Waals surface area contributed by atoms with Crippen LogP contribution in [0.4, 0.5) is 0 Å². The maximum atomic E-state index is 12.2. The number of aryl methyl sites for hydroxylation is 2. The summed E-state index contributed by atoms with van der Waals surface area (Å²) in [4.78, 5) is 14.2. The molecule has 0 saturated carbocycles. The fraction of sp³-hybridized carbons (Fsp3) is 0.389. The SMILES string of the molecule is Cc1noc(C)c1CN(C)CCC(=O)N[C@H](C#N)c1cccc(Cl)c1Cl. The second kappa shape index (κ2) is 9.04. The number of nitriles is 1. The highest BCUT2D eigenvalue weighted by atomic mass is 35.5. The lowest BCUT2D eigenvalue weighted by Gasteiger charge is -2.18. The minimum atomic E-state index is -0.846. The van der Waals surface area contributed by atoms with E-state index in [1.807, 2.05) is 31.9 Å². The molecule has 0 aliphatic heterocycles. The first-order valence-corrected chi connectivity index (χ1v) is 8.82. The first-order chi connectivity index (χ1) is 12.3. The molecule has 2 rings (SSSR count). The lowest BCUT2D eigenvalue weighted by atomic mass is 10.1. The predicted molar refractivity (Wildman–Crippen MR) is 99.9 cm³/mol. The number of carbonyl (C=O) groups excluding carboxylic acids is 1. The number of rotatable bonds is 7. The Balaban J connectivity index is 1.91. The molecule has 0 aliphatic carbocycles. The van der Waals surface area contributed by atoms with Gasteiger partial charge < -0.3 is 14.7 Å². The lowest BCUT2D eigenvalue weighted by Crippen LogP contribution is -2.31. The zero-order valence-corrected chi connectivity index (χ0v) is 16.4. The number of nitrogens with one attached hydrogen (secondary N) is 1. The molecule has 0 radical (unpaired) electrons. The normalized spacial score (nSPS) is 12.0. The van der Waals surface area contributed by atoms with Crippen molar-refractivity contribution in [1.29, 1.82) is 5.26 Å². The molecular weight excluding hydrogens is 375 g/mol. The Labute approximate surface area is 162 Å². The molecule has 1 heterocycles. The fourth-order valence-electron chi connectivity index (χ4n) is 2.53. The summed E-state index contributed by atoms with van der Waals surface area (Å²) in [7, 11) is 1.91. The zero-order valence-electron chi connectivity index (χ0n) is 14.8. The fourth-order valence-corrected chi connectivity index (χ4v) is 2.94. The lowest BCUT2D eigenvalue weighted by molar-refractivity contribution is -0.121. The van der Waals surface area contributed by atoms with Gasteiger partial charge in [-0.1, -0.05) is 40.5 Å². The summed E-state index contributed by atoms with van der Waals surface area (Å²) in [6.07, 6.45) is 0.246. The van der Waals surface area contributed by atoms with Crippen LogP contribution in [0.2, 0.25) is 10.0 Å². The van der Waals surface area contributed by atoms with Crippen LogP contribution in [0.25, 0.3) is 0 Å². The number of hydrogen-bond donors (Lipinski definition) is 1. The van der Waals surface area contributed by atoms with Crippen molar-refractivity contribution in [3.8, 4) is 6.07 Å². The molecule has 1 aromatic heterocycles. The molecule has 1 aromatic carbocycles. The Bertz CT molecular complexity index is 810. The van der Waals surface area contributed by atoms with Crippen molar-refractivity contribution < 1.29 is 9.32 Å².